The van der Waals surface area contributed by atoms with E-state index in [1.165, 1.54) is 26.7 Å². The van der Waals surface area contributed by atoms with Gasteiger partial charge < -0.3 is 19.0 Å². The first kappa shape index (κ1) is 24.7. The molecule has 1 aliphatic carbocycles. The highest BCUT2D eigenvalue weighted by Crippen LogP contribution is 2.45. The molecule has 5 heterocycles. The van der Waals surface area contributed by atoms with E-state index in [9.17, 15) is 17.6 Å². The molecule has 0 spiro atoms. The van der Waals surface area contributed by atoms with Crippen LogP contribution in [0.2, 0.25) is 0 Å². The number of nitrogens with zero attached hydrogens (tertiary/aromatic N) is 7. The number of aromatic nitrogens is 8. The van der Waals surface area contributed by atoms with Crippen LogP contribution in [-0.2, 0) is 19.8 Å². The van der Waals surface area contributed by atoms with Crippen LogP contribution in [0.1, 0.15) is 35.7 Å². The van der Waals surface area contributed by atoms with Crippen molar-refractivity contribution in [1.29, 1.82) is 0 Å². The van der Waals surface area contributed by atoms with Crippen molar-refractivity contribution < 1.29 is 27.0 Å². The Bertz CT molecular complexity index is 1690. The highest BCUT2D eigenvalue weighted by atomic mass is 19.4. The molecule has 5 aromatic heterocycles. The van der Waals surface area contributed by atoms with E-state index in [2.05, 4.69) is 34.9 Å². The molecule has 1 aliphatic rings. The van der Waals surface area contributed by atoms with Gasteiger partial charge in [-0.25, -0.2) is 29.3 Å². The summed E-state index contributed by atoms with van der Waals surface area (Å²) in [6.45, 7) is -0.118. The number of pyridine rings is 1. The normalized spacial score (nSPS) is 13.7. The molecule has 14 heteroatoms. The Labute approximate surface area is 218 Å². The molecule has 0 aromatic carbocycles. The number of H-pyrrole nitrogens is 1. The largest absolute Gasteiger partial charge is 0.480 e. The molecule has 1 N–H and O–H groups in total. The summed E-state index contributed by atoms with van der Waals surface area (Å²) in [4.78, 5) is 28.5. The first-order valence-electron chi connectivity index (χ1n) is 11.9. The zero-order chi connectivity index (χ0) is 27.3. The standard InChI is InChI=1S/C25H20F4N8O2/c1-37-9-16(25(27,28)29)34-22(37)19-15(26)7-12(8-31-19)10-39-23-14-5-6-30-20(14)35-21(36-23)17-18(13-3-4-13)32-11-33-24(17)38-2/h5-9,11,13H,3-4,10H2,1-2H3,(H,30,35,36). The topological polar surface area (TPSA) is 117 Å². The summed E-state index contributed by atoms with van der Waals surface area (Å²) in [6.07, 6.45) is 2.56. The third-order valence-corrected chi connectivity index (χ3v) is 6.26. The number of alkyl halides is 3. The molecule has 1 saturated carbocycles. The van der Waals surface area contributed by atoms with E-state index in [-0.39, 0.29) is 29.9 Å². The number of rotatable bonds is 7. The summed E-state index contributed by atoms with van der Waals surface area (Å²) in [6, 6.07) is 2.89. The van der Waals surface area contributed by atoms with E-state index < -0.39 is 17.7 Å². The summed E-state index contributed by atoms with van der Waals surface area (Å²) in [5.74, 6) is 0.0685. The highest BCUT2D eigenvalue weighted by molar-refractivity contribution is 5.83. The second kappa shape index (κ2) is 9.29. The van der Waals surface area contributed by atoms with E-state index in [0.717, 1.165) is 35.4 Å². The fourth-order valence-electron chi connectivity index (χ4n) is 4.24. The fourth-order valence-corrected chi connectivity index (χ4v) is 4.24. The van der Waals surface area contributed by atoms with Crippen molar-refractivity contribution in [3.05, 3.63) is 59.8 Å². The Morgan fingerprint density at radius 1 is 1.10 bits per heavy atom. The lowest BCUT2D eigenvalue weighted by Crippen LogP contribution is -2.06. The SMILES string of the molecule is COc1ncnc(C2CC2)c1-c1nc(OCc2cnc(-c3nc(C(F)(F)F)cn3C)c(F)c2)c2cc[nH]c2n1. The number of methoxy groups -OCH3 is 1. The molecule has 10 nitrogen and oxygen atoms in total. The predicted molar refractivity (Wildman–Crippen MR) is 129 cm³/mol. The third kappa shape index (κ3) is 4.62. The number of aryl methyl sites for hydroxylation is 1. The number of imidazole rings is 1. The average molecular weight is 540 g/mol. The molecular formula is C25H20F4N8O2. The molecule has 0 bridgehead atoms. The van der Waals surface area contributed by atoms with E-state index in [0.29, 0.717) is 33.9 Å². The number of fused-ring (bicyclic) bond motifs is 1. The molecule has 0 atom stereocenters. The molecule has 0 aliphatic heterocycles. The van der Waals surface area contributed by atoms with Gasteiger partial charge in [0, 0.05) is 37.1 Å². The van der Waals surface area contributed by atoms with E-state index in [4.69, 9.17) is 9.47 Å². The van der Waals surface area contributed by atoms with Crippen LogP contribution < -0.4 is 9.47 Å². The summed E-state index contributed by atoms with van der Waals surface area (Å²) >= 11 is 0. The number of halogens is 4. The van der Waals surface area contributed by atoms with E-state index in [1.807, 2.05) is 0 Å². The van der Waals surface area contributed by atoms with Crippen LogP contribution in [0.5, 0.6) is 11.8 Å². The second-order valence-electron chi connectivity index (χ2n) is 9.03. The zero-order valence-corrected chi connectivity index (χ0v) is 20.6. The fraction of sp³-hybridized carbons (Fsp3) is 0.280. The van der Waals surface area contributed by atoms with Crippen LogP contribution in [0.3, 0.4) is 0 Å². The maximum absolute atomic E-state index is 14.9. The summed E-state index contributed by atoms with van der Waals surface area (Å²) in [5.41, 5.74) is 0.784. The Morgan fingerprint density at radius 2 is 1.92 bits per heavy atom. The lowest BCUT2D eigenvalue weighted by Gasteiger charge is -2.13. The van der Waals surface area contributed by atoms with Crippen molar-refractivity contribution in [2.75, 3.05) is 7.11 Å². The maximum atomic E-state index is 14.9. The smallest absolute Gasteiger partial charge is 0.434 e. The monoisotopic (exact) mass is 540 g/mol. The summed E-state index contributed by atoms with van der Waals surface area (Å²) in [5, 5.41) is 0.597. The van der Waals surface area contributed by atoms with Gasteiger partial charge in [0.15, 0.2) is 23.2 Å². The van der Waals surface area contributed by atoms with Gasteiger partial charge >= 0.3 is 6.18 Å². The summed E-state index contributed by atoms with van der Waals surface area (Å²) < 4.78 is 66.5. The number of hydrogen-bond donors (Lipinski definition) is 1. The van der Waals surface area contributed by atoms with Crippen molar-refractivity contribution in [3.8, 4) is 34.7 Å². The molecule has 39 heavy (non-hydrogen) atoms. The van der Waals surface area contributed by atoms with Gasteiger partial charge in [0.25, 0.3) is 0 Å². The Hall–Kier alpha value is -4.62. The molecule has 6 rings (SSSR count). The van der Waals surface area contributed by atoms with Gasteiger partial charge in [-0.3, -0.25) is 0 Å². The van der Waals surface area contributed by atoms with Crippen molar-refractivity contribution >= 4 is 11.0 Å². The third-order valence-electron chi connectivity index (χ3n) is 6.26. The highest BCUT2D eigenvalue weighted by Gasteiger charge is 2.35. The van der Waals surface area contributed by atoms with Crippen LogP contribution in [0.15, 0.2) is 37.1 Å². The number of hydrogen-bond acceptors (Lipinski definition) is 8. The first-order valence-corrected chi connectivity index (χ1v) is 11.9. The molecular weight excluding hydrogens is 520 g/mol. The summed E-state index contributed by atoms with van der Waals surface area (Å²) in [7, 11) is 2.85. The van der Waals surface area contributed by atoms with Crippen molar-refractivity contribution in [2.45, 2.75) is 31.5 Å². The maximum Gasteiger partial charge on any atom is 0.434 e. The predicted octanol–water partition coefficient (Wildman–Crippen LogP) is 4.83. The second-order valence-corrected chi connectivity index (χ2v) is 9.03. The van der Waals surface area contributed by atoms with E-state index in [1.54, 1.807) is 12.3 Å². The van der Waals surface area contributed by atoms with Crippen LogP contribution in [0.4, 0.5) is 17.6 Å². The zero-order valence-electron chi connectivity index (χ0n) is 20.6. The van der Waals surface area contributed by atoms with Gasteiger partial charge in [-0.15, -0.1) is 0 Å². The molecule has 0 radical (unpaired) electrons. The number of nitrogens with one attached hydrogen (secondary N) is 1. The first-order chi connectivity index (χ1) is 18.7. The molecule has 0 saturated heterocycles. The van der Waals surface area contributed by atoms with Gasteiger partial charge in [0.05, 0.1) is 18.2 Å². The molecule has 0 amide bonds. The van der Waals surface area contributed by atoms with Gasteiger partial charge in [0.2, 0.25) is 11.8 Å². The van der Waals surface area contributed by atoms with Crippen LogP contribution in [0, 0.1) is 5.82 Å². The minimum Gasteiger partial charge on any atom is -0.480 e. The van der Waals surface area contributed by atoms with Crippen molar-refractivity contribution in [3.63, 3.8) is 0 Å². The van der Waals surface area contributed by atoms with Crippen molar-refractivity contribution in [2.24, 2.45) is 7.05 Å². The lowest BCUT2D eigenvalue weighted by molar-refractivity contribution is -0.140. The van der Waals surface area contributed by atoms with E-state index >= 15 is 0 Å². The minimum absolute atomic E-state index is 0.118. The van der Waals surface area contributed by atoms with Gasteiger partial charge in [-0.1, -0.05) is 0 Å². The van der Waals surface area contributed by atoms with Gasteiger partial charge in [-0.2, -0.15) is 18.2 Å². The molecule has 0 unspecified atom stereocenters. The lowest BCUT2D eigenvalue weighted by atomic mass is 10.1. The van der Waals surface area contributed by atoms with Crippen LogP contribution in [-0.4, -0.2) is 46.6 Å². The Morgan fingerprint density at radius 3 is 2.62 bits per heavy atom. The average Bonchev–Trinajstić information content (AvgIpc) is 3.51. The van der Waals surface area contributed by atoms with Gasteiger partial charge in [-0.05, 0) is 25.0 Å². The van der Waals surface area contributed by atoms with Gasteiger partial charge in [0.1, 0.15) is 29.8 Å². The quantitative estimate of drug-likeness (QED) is 0.292. The van der Waals surface area contributed by atoms with Crippen LogP contribution >= 0.6 is 0 Å². The molecule has 1 fully saturated rings. The molecule has 200 valence electrons. The Balaban J connectivity index is 1.31. The minimum atomic E-state index is -4.66. The molecule has 5 aromatic rings. The van der Waals surface area contributed by atoms with Crippen molar-refractivity contribution in [1.82, 2.24) is 39.5 Å². The van der Waals surface area contributed by atoms with Crippen LogP contribution in [0.25, 0.3) is 33.9 Å². The Kier molecular flexibility index (Phi) is 5.88. The number of ether oxygens (including phenoxy) is 2. The number of aromatic amines is 1.